The van der Waals surface area contributed by atoms with Gasteiger partial charge >= 0.3 is 0 Å². The number of nitrogens with zero attached hydrogens (tertiary/aromatic N) is 1. The molecule has 0 aliphatic carbocycles. The molecule has 19 heavy (non-hydrogen) atoms. The molecule has 1 aromatic carbocycles. The van der Waals surface area contributed by atoms with E-state index < -0.39 is 5.82 Å². The molecule has 1 fully saturated rings. The molecule has 1 amide bonds. The van der Waals surface area contributed by atoms with E-state index in [0.29, 0.717) is 16.6 Å². The summed E-state index contributed by atoms with van der Waals surface area (Å²) in [6, 6.07) is 4.97. The summed E-state index contributed by atoms with van der Waals surface area (Å²) in [5.74, 6) is -0.465. The van der Waals surface area contributed by atoms with E-state index in [1.807, 2.05) is 7.05 Å². The van der Waals surface area contributed by atoms with Gasteiger partial charge in [-0.25, -0.2) is 4.39 Å². The molecule has 0 atom stereocenters. The molecule has 3 nitrogen and oxygen atoms in total. The highest BCUT2D eigenvalue weighted by Crippen LogP contribution is 2.21. The van der Waals surface area contributed by atoms with Crippen LogP contribution in [0.15, 0.2) is 18.2 Å². The Labute approximate surface area is 117 Å². The largest absolute Gasteiger partial charge is 0.342 e. The van der Waals surface area contributed by atoms with Crippen LogP contribution in [0.4, 0.5) is 4.39 Å². The molecule has 0 radical (unpaired) electrons. The van der Waals surface area contributed by atoms with Crippen molar-refractivity contribution in [3.05, 3.63) is 34.6 Å². The molecule has 1 N–H and O–H groups in total. The van der Waals surface area contributed by atoms with Crippen LogP contribution in [0.3, 0.4) is 0 Å². The molecule has 0 bridgehead atoms. The second-order valence-corrected chi connectivity index (χ2v) is 5.23. The van der Waals surface area contributed by atoms with Gasteiger partial charge in [0.25, 0.3) is 0 Å². The van der Waals surface area contributed by atoms with Crippen LogP contribution in [0.1, 0.15) is 18.4 Å². The summed E-state index contributed by atoms with van der Waals surface area (Å²) in [6.45, 7) is 1.44. The molecule has 1 aliphatic heterocycles. The fraction of sp³-hybridized carbons (Fsp3) is 0.500. The van der Waals surface area contributed by atoms with Gasteiger partial charge in [-0.3, -0.25) is 4.79 Å². The molecule has 0 aromatic heterocycles. The van der Waals surface area contributed by atoms with Crippen molar-refractivity contribution in [3.8, 4) is 0 Å². The van der Waals surface area contributed by atoms with Gasteiger partial charge in [0.05, 0.1) is 6.42 Å². The molecule has 1 heterocycles. The van der Waals surface area contributed by atoms with Crippen LogP contribution in [0.25, 0.3) is 0 Å². The SMILES string of the molecule is CNC1CCN(C(=O)Cc2c(F)cccc2Cl)CC1. The zero-order valence-corrected chi connectivity index (χ0v) is 11.7. The first kappa shape index (κ1) is 14.3. The number of nitrogens with one attached hydrogen (secondary N) is 1. The summed E-state index contributed by atoms with van der Waals surface area (Å²) in [7, 11) is 1.93. The van der Waals surface area contributed by atoms with Crippen molar-refractivity contribution in [2.45, 2.75) is 25.3 Å². The van der Waals surface area contributed by atoms with Gasteiger partial charge in [0.1, 0.15) is 5.82 Å². The number of likely N-dealkylation sites (tertiary alicyclic amines) is 1. The second kappa shape index (κ2) is 6.35. The standard InChI is InChI=1S/C14H18ClFN2O/c1-17-10-5-7-18(8-6-10)14(19)9-11-12(15)3-2-4-13(11)16/h2-4,10,17H,5-9H2,1H3. The number of carbonyl (C=O) groups excluding carboxylic acids is 1. The zero-order valence-electron chi connectivity index (χ0n) is 11.0. The highest BCUT2D eigenvalue weighted by Gasteiger charge is 2.23. The average Bonchev–Trinajstić information content (AvgIpc) is 2.43. The van der Waals surface area contributed by atoms with Crippen LogP contribution in [-0.2, 0) is 11.2 Å². The minimum absolute atomic E-state index is 0.0374. The fourth-order valence-corrected chi connectivity index (χ4v) is 2.61. The lowest BCUT2D eigenvalue weighted by Crippen LogP contribution is -2.44. The Hall–Kier alpha value is -1.13. The third kappa shape index (κ3) is 3.45. The van der Waals surface area contributed by atoms with E-state index in [2.05, 4.69) is 5.32 Å². The number of hydrogen-bond acceptors (Lipinski definition) is 2. The maximum Gasteiger partial charge on any atom is 0.227 e. The van der Waals surface area contributed by atoms with Crippen LogP contribution in [0, 0.1) is 5.82 Å². The van der Waals surface area contributed by atoms with Crippen LogP contribution in [0.2, 0.25) is 5.02 Å². The molecular weight excluding hydrogens is 267 g/mol. The number of rotatable bonds is 3. The molecule has 1 saturated heterocycles. The van der Waals surface area contributed by atoms with Gasteiger partial charge in [0.2, 0.25) is 5.91 Å². The first-order chi connectivity index (χ1) is 9.11. The summed E-state index contributed by atoms with van der Waals surface area (Å²) in [5, 5.41) is 3.53. The Morgan fingerprint density at radius 1 is 1.47 bits per heavy atom. The first-order valence-corrected chi connectivity index (χ1v) is 6.87. The van der Waals surface area contributed by atoms with E-state index >= 15 is 0 Å². The number of piperidine rings is 1. The van der Waals surface area contributed by atoms with E-state index in [1.165, 1.54) is 6.07 Å². The maximum atomic E-state index is 13.6. The minimum Gasteiger partial charge on any atom is -0.342 e. The summed E-state index contributed by atoms with van der Waals surface area (Å²) < 4.78 is 13.6. The van der Waals surface area contributed by atoms with Gasteiger partial charge in [0, 0.05) is 29.7 Å². The molecular formula is C14H18ClFN2O. The lowest BCUT2D eigenvalue weighted by molar-refractivity contribution is -0.131. The zero-order chi connectivity index (χ0) is 13.8. The number of hydrogen-bond donors (Lipinski definition) is 1. The van der Waals surface area contributed by atoms with Gasteiger partial charge in [-0.2, -0.15) is 0 Å². The number of halogens is 2. The quantitative estimate of drug-likeness (QED) is 0.923. The fourth-order valence-electron chi connectivity index (χ4n) is 2.38. The van der Waals surface area contributed by atoms with E-state index in [-0.39, 0.29) is 12.3 Å². The number of benzene rings is 1. The second-order valence-electron chi connectivity index (χ2n) is 4.82. The smallest absolute Gasteiger partial charge is 0.227 e. The Balaban J connectivity index is 1.98. The first-order valence-electron chi connectivity index (χ1n) is 6.49. The summed E-state index contributed by atoms with van der Waals surface area (Å²) in [4.78, 5) is 13.9. The monoisotopic (exact) mass is 284 g/mol. The summed E-state index contributed by atoms with van der Waals surface area (Å²) in [5.41, 5.74) is 0.296. The van der Waals surface area contributed by atoms with Gasteiger partial charge < -0.3 is 10.2 Å². The third-order valence-electron chi connectivity index (χ3n) is 3.65. The summed E-state index contributed by atoms with van der Waals surface area (Å²) >= 11 is 5.94. The molecule has 1 aromatic rings. The molecule has 0 unspecified atom stereocenters. The molecule has 5 heteroatoms. The average molecular weight is 285 g/mol. The van der Waals surface area contributed by atoms with E-state index in [0.717, 1.165) is 25.9 Å². The minimum atomic E-state index is -0.411. The number of amides is 1. The van der Waals surface area contributed by atoms with Crippen LogP contribution in [0.5, 0.6) is 0 Å². The topological polar surface area (TPSA) is 32.3 Å². The predicted molar refractivity (Wildman–Crippen MR) is 73.8 cm³/mol. The molecule has 1 aliphatic rings. The maximum absolute atomic E-state index is 13.6. The normalized spacial score (nSPS) is 16.7. The Morgan fingerprint density at radius 3 is 2.74 bits per heavy atom. The van der Waals surface area contributed by atoms with Crippen molar-refractivity contribution in [2.24, 2.45) is 0 Å². The van der Waals surface area contributed by atoms with Crippen LogP contribution < -0.4 is 5.32 Å². The van der Waals surface area contributed by atoms with E-state index in [4.69, 9.17) is 11.6 Å². The Kier molecular flexibility index (Phi) is 4.77. The Morgan fingerprint density at radius 2 is 2.16 bits per heavy atom. The predicted octanol–water partition coefficient (Wildman–Crippen LogP) is 2.23. The van der Waals surface area contributed by atoms with Gasteiger partial charge in [-0.1, -0.05) is 17.7 Å². The molecule has 0 saturated carbocycles. The summed E-state index contributed by atoms with van der Waals surface area (Å²) in [6.07, 6.45) is 1.91. The van der Waals surface area contributed by atoms with Crippen molar-refractivity contribution in [3.63, 3.8) is 0 Å². The van der Waals surface area contributed by atoms with Gasteiger partial charge in [-0.05, 0) is 32.0 Å². The molecule has 104 valence electrons. The van der Waals surface area contributed by atoms with Crippen molar-refractivity contribution >= 4 is 17.5 Å². The lowest BCUT2D eigenvalue weighted by Gasteiger charge is -2.32. The highest BCUT2D eigenvalue weighted by molar-refractivity contribution is 6.31. The van der Waals surface area contributed by atoms with Crippen molar-refractivity contribution in [1.82, 2.24) is 10.2 Å². The van der Waals surface area contributed by atoms with E-state index in [1.54, 1.807) is 17.0 Å². The van der Waals surface area contributed by atoms with Gasteiger partial charge in [-0.15, -0.1) is 0 Å². The van der Waals surface area contributed by atoms with Crippen molar-refractivity contribution in [2.75, 3.05) is 20.1 Å². The third-order valence-corrected chi connectivity index (χ3v) is 4.00. The van der Waals surface area contributed by atoms with E-state index in [9.17, 15) is 9.18 Å². The lowest BCUT2D eigenvalue weighted by atomic mass is 10.0. The number of carbonyl (C=O) groups is 1. The van der Waals surface area contributed by atoms with Crippen molar-refractivity contribution < 1.29 is 9.18 Å². The molecule has 2 rings (SSSR count). The van der Waals surface area contributed by atoms with Gasteiger partial charge in [0.15, 0.2) is 0 Å². The Bertz CT molecular complexity index is 439. The molecule has 0 spiro atoms. The van der Waals surface area contributed by atoms with Crippen LogP contribution in [-0.4, -0.2) is 37.0 Å². The highest BCUT2D eigenvalue weighted by atomic mass is 35.5. The van der Waals surface area contributed by atoms with Crippen LogP contribution >= 0.6 is 11.6 Å². The van der Waals surface area contributed by atoms with Crippen molar-refractivity contribution in [1.29, 1.82) is 0 Å².